The molecule has 1 aromatic carbocycles. The van der Waals surface area contributed by atoms with Crippen LogP contribution in [-0.2, 0) is 10.0 Å². The third-order valence-corrected chi connectivity index (χ3v) is 5.11. The Balaban J connectivity index is 1.97. The summed E-state index contributed by atoms with van der Waals surface area (Å²) in [6.45, 7) is 1.88. The average Bonchev–Trinajstić information content (AvgIpc) is 2.49. The van der Waals surface area contributed by atoms with Crippen molar-refractivity contribution in [2.45, 2.75) is 23.8 Å². The molecule has 7 heteroatoms. The van der Waals surface area contributed by atoms with Crippen molar-refractivity contribution in [1.29, 1.82) is 5.26 Å². The molecule has 0 aromatic heterocycles. The second-order valence-electron chi connectivity index (χ2n) is 5.01. The number of ether oxygens (including phenoxy) is 1. The molecule has 114 valence electrons. The van der Waals surface area contributed by atoms with E-state index >= 15 is 0 Å². The third kappa shape index (κ3) is 4.17. The van der Waals surface area contributed by atoms with Gasteiger partial charge in [-0.05, 0) is 37.1 Å². The van der Waals surface area contributed by atoms with Gasteiger partial charge >= 0.3 is 0 Å². The fourth-order valence-corrected chi connectivity index (χ4v) is 3.66. The monoisotopic (exact) mass is 309 g/mol. The first-order valence-electron chi connectivity index (χ1n) is 6.81. The predicted molar refractivity (Wildman–Crippen MR) is 78.4 cm³/mol. The summed E-state index contributed by atoms with van der Waals surface area (Å²) in [5, 5.41) is 8.65. The van der Waals surface area contributed by atoms with Gasteiger partial charge in [-0.3, -0.25) is 4.90 Å². The van der Waals surface area contributed by atoms with Crippen molar-refractivity contribution in [3.05, 3.63) is 24.3 Å². The SMILES string of the molecule is COc1ccc(S(=O)(=O)NC2CCN(CC#N)CC2)cc1. The van der Waals surface area contributed by atoms with Crippen LogP contribution in [0.4, 0.5) is 0 Å². The van der Waals surface area contributed by atoms with Gasteiger partial charge in [-0.2, -0.15) is 5.26 Å². The van der Waals surface area contributed by atoms with Gasteiger partial charge in [0.05, 0.1) is 24.6 Å². The molecule has 6 nitrogen and oxygen atoms in total. The number of likely N-dealkylation sites (tertiary alicyclic amines) is 1. The van der Waals surface area contributed by atoms with Crippen LogP contribution in [0.2, 0.25) is 0 Å². The van der Waals surface area contributed by atoms with Crippen molar-refractivity contribution in [1.82, 2.24) is 9.62 Å². The van der Waals surface area contributed by atoms with Crippen LogP contribution in [0.3, 0.4) is 0 Å². The van der Waals surface area contributed by atoms with Crippen LogP contribution in [0.1, 0.15) is 12.8 Å². The van der Waals surface area contributed by atoms with Crippen molar-refractivity contribution in [3.8, 4) is 11.8 Å². The molecule has 2 rings (SSSR count). The number of nitrogens with zero attached hydrogens (tertiary/aromatic N) is 2. The summed E-state index contributed by atoms with van der Waals surface area (Å²) in [5.74, 6) is 0.624. The average molecular weight is 309 g/mol. The Morgan fingerprint density at radius 3 is 2.48 bits per heavy atom. The number of nitrogens with one attached hydrogen (secondary N) is 1. The van der Waals surface area contributed by atoms with Crippen LogP contribution in [-0.4, -0.2) is 46.1 Å². The van der Waals surface area contributed by atoms with Gasteiger partial charge in [0.2, 0.25) is 10.0 Å². The second-order valence-corrected chi connectivity index (χ2v) is 6.72. The van der Waals surface area contributed by atoms with Gasteiger partial charge in [-0.25, -0.2) is 13.1 Å². The summed E-state index contributed by atoms with van der Waals surface area (Å²) >= 11 is 0. The molecule has 0 saturated carbocycles. The van der Waals surface area contributed by atoms with Crippen LogP contribution in [0.25, 0.3) is 0 Å². The molecule has 1 aromatic rings. The van der Waals surface area contributed by atoms with E-state index in [1.165, 1.54) is 19.2 Å². The highest BCUT2D eigenvalue weighted by atomic mass is 32.2. The van der Waals surface area contributed by atoms with Crippen molar-refractivity contribution < 1.29 is 13.2 Å². The number of piperidine rings is 1. The van der Waals surface area contributed by atoms with Gasteiger partial charge in [-0.15, -0.1) is 0 Å². The summed E-state index contributed by atoms with van der Waals surface area (Å²) in [6, 6.07) is 8.36. The van der Waals surface area contributed by atoms with Crippen molar-refractivity contribution in [2.24, 2.45) is 0 Å². The van der Waals surface area contributed by atoms with Crippen molar-refractivity contribution in [3.63, 3.8) is 0 Å². The Morgan fingerprint density at radius 1 is 1.33 bits per heavy atom. The minimum atomic E-state index is -3.50. The van der Waals surface area contributed by atoms with E-state index in [1.54, 1.807) is 12.1 Å². The molecule has 0 amide bonds. The van der Waals surface area contributed by atoms with Gasteiger partial charge < -0.3 is 4.74 Å². The molecule has 0 aliphatic carbocycles. The summed E-state index contributed by atoms with van der Waals surface area (Å²) in [7, 11) is -1.97. The van der Waals surface area contributed by atoms with E-state index in [9.17, 15) is 8.42 Å². The van der Waals surface area contributed by atoms with Crippen LogP contribution >= 0.6 is 0 Å². The molecule has 1 heterocycles. The van der Waals surface area contributed by atoms with E-state index < -0.39 is 10.0 Å². The lowest BCUT2D eigenvalue weighted by atomic mass is 10.1. The normalized spacial score (nSPS) is 17.3. The molecular weight excluding hydrogens is 290 g/mol. The highest BCUT2D eigenvalue weighted by Crippen LogP contribution is 2.17. The standard InChI is InChI=1S/C14H19N3O3S/c1-20-13-2-4-14(5-3-13)21(18,19)16-12-6-9-17(10-7-12)11-8-15/h2-5,12,16H,6-7,9-11H2,1H3. The number of sulfonamides is 1. The summed E-state index contributed by atoms with van der Waals surface area (Å²) in [6.07, 6.45) is 1.44. The van der Waals surface area contributed by atoms with E-state index in [4.69, 9.17) is 10.00 Å². The fraction of sp³-hybridized carbons (Fsp3) is 0.500. The van der Waals surface area contributed by atoms with Crippen LogP contribution in [0.5, 0.6) is 5.75 Å². The summed E-state index contributed by atoms with van der Waals surface area (Å²) in [5.41, 5.74) is 0. The molecular formula is C14H19N3O3S. The fourth-order valence-electron chi connectivity index (χ4n) is 2.35. The van der Waals surface area contributed by atoms with E-state index in [-0.39, 0.29) is 10.9 Å². The molecule has 1 aliphatic heterocycles. The topological polar surface area (TPSA) is 82.4 Å². The Labute approximate surface area is 125 Å². The number of benzene rings is 1. The molecule has 0 atom stereocenters. The van der Waals surface area contributed by atoms with E-state index in [1.807, 2.05) is 4.90 Å². The second kappa shape index (κ2) is 6.89. The van der Waals surface area contributed by atoms with Gasteiger partial charge in [0, 0.05) is 19.1 Å². The van der Waals surface area contributed by atoms with E-state index in [0.29, 0.717) is 12.3 Å². The maximum atomic E-state index is 12.3. The molecule has 1 fully saturated rings. The van der Waals surface area contributed by atoms with Crippen LogP contribution in [0.15, 0.2) is 29.2 Å². The lowest BCUT2D eigenvalue weighted by Gasteiger charge is -2.30. The maximum Gasteiger partial charge on any atom is 0.240 e. The summed E-state index contributed by atoms with van der Waals surface area (Å²) < 4.78 is 32.3. The number of hydrogen-bond acceptors (Lipinski definition) is 5. The van der Waals surface area contributed by atoms with Crippen LogP contribution < -0.4 is 9.46 Å². The number of hydrogen-bond donors (Lipinski definition) is 1. The highest BCUT2D eigenvalue weighted by Gasteiger charge is 2.24. The van der Waals surface area contributed by atoms with Gasteiger partial charge in [0.15, 0.2) is 0 Å². The molecule has 1 saturated heterocycles. The zero-order chi connectivity index (χ0) is 15.3. The predicted octanol–water partition coefficient (Wildman–Crippen LogP) is 0.961. The molecule has 0 bridgehead atoms. The minimum Gasteiger partial charge on any atom is -0.497 e. The quantitative estimate of drug-likeness (QED) is 0.819. The molecule has 0 unspecified atom stereocenters. The first kappa shape index (κ1) is 15.8. The van der Waals surface area contributed by atoms with Gasteiger partial charge in [0.25, 0.3) is 0 Å². The van der Waals surface area contributed by atoms with Crippen molar-refractivity contribution in [2.75, 3.05) is 26.7 Å². The molecule has 0 radical (unpaired) electrons. The summed E-state index contributed by atoms with van der Waals surface area (Å²) in [4.78, 5) is 2.26. The number of nitriles is 1. The third-order valence-electron chi connectivity index (χ3n) is 3.57. The van der Waals surface area contributed by atoms with Crippen LogP contribution in [0, 0.1) is 11.3 Å². The van der Waals surface area contributed by atoms with Crippen molar-refractivity contribution >= 4 is 10.0 Å². The minimum absolute atomic E-state index is 0.0768. The Kier molecular flexibility index (Phi) is 5.17. The first-order valence-corrected chi connectivity index (χ1v) is 8.29. The zero-order valence-corrected chi connectivity index (χ0v) is 12.8. The van der Waals surface area contributed by atoms with E-state index in [0.717, 1.165) is 25.9 Å². The number of methoxy groups -OCH3 is 1. The van der Waals surface area contributed by atoms with Gasteiger partial charge in [0.1, 0.15) is 5.75 Å². The lowest BCUT2D eigenvalue weighted by molar-refractivity contribution is 0.229. The maximum absolute atomic E-state index is 12.3. The highest BCUT2D eigenvalue weighted by molar-refractivity contribution is 7.89. The molecule has 1 aliphatic rings. The Morgan fingerprint density at radius 2 is 1.95 bits per heavy atom. The molecule has 0 spiro atoms. The van der Waals surface area contributed by atoms with E-state index in [2.05, 4.69) is 10.8 Å². The smallest absolute Gasteiger partial charge is 0.240 e. The Bertz CT molecular complexity index is 599. The first-order chi connectivity index (χ1) is 10.0. The zero-order valence-electron chi connectivity index (χ0n) is 11.9. The Hall–Kier alpha value is -1.62. The number of rotatable bonds is 5. The lowest BCUT2D eigenvalue weighted by Crippen LogP contribution is -2.44. The molecule has 21 heavy (non-hydrogen) atoms. The van der Waals surface area contributed by atoms with Gasteiger partial charge in [-0.1, -0.05) is 0 Å². The largest absolute Gasteiger partial charge is 0.497 e. The molecule has 1 N–H and O–H groups in total.